The molecule has 0 radical (unpaired) electrons. The van der Waals surface area contributed by atoms with Gasteiger partial charge in [-0.1, -0.05) is 24.3 Å². The van der Waals surface area contributed by atoms with Crippen molar-refractivity contribution in [2.75, 3.05) is 13.7 Å². The number of nitrogens with zero attached hydrogens (tertiary/aromatic N) is 2. The highest BCUT2D eigenvalue weighted by Gasteiger charge is 2.13. The van der Waals surface area contributed by atoms with E-state index >= 15 is 0 Å². The normalized spacial score (nSPS) is 10.9. The van der Waals surface area contributed by atoms with Gasteiger partial charge in [0.15, 0.2) is 0 Å². The molecule has 0 atom stereocenters. The molecule has 30 heavy (non-hydrogen) atoms. The molecule has 0 saturated carbocycles. The molecule has 0 spiro atoms. The van der Waals surface area contributed by atoms with Gasteiger partial charge < -0.3 is 9.47 Å². The molecule has 0 fully saturated rings. The van der Waals surface area contributed by atoms with Crippen LogP contribution in [0.3, 0.4) is 0 Å². The predicted molar refractivity (Wildman–Crippen MR) is 122 cm³/mol. The standard InChI is InChI=1S/C24H21BrN2O3/c1-29-18-13-11-17(12-14-18)23-26-21-9-4-2-7-19(21)24(28)27(23)15-6-16-30-22-10-5-3-8-20(22)25/h2-5,7-14H,6,15-16H2,1H3. The largest absolute Gasteiger partial charge is 0.497 e. The number of hydrogen-bond acceptors (Lipinski definition) is 4. The molecule has 0 aliphatic heterocycles. The SMILES string of the molecule is COc1ccc(-c2nc3ccccc3c(=O)n2CCCOc2ccccc2Br)cc1. The number of halogens is 1. The Bertz CT molecular complexity index is 1220. The van der Waals surface area contributed by atoms with Crippen LogP contribution >= 0.6 is 15.9 Å². The van der Waals surface area contributed by atoms with E-state index in [1.807, 2.05) is 72.8 Å². The lowest BCUT2D eigenvalue weighted by Crippen LogP contribution is -2.24. The van der Waals surface area contributed by atoms with Gasteiger partial charge in [0.2, 0.25) is 0 Å². The van der Waals surface area contributed by atoms with Crippen LogP contribution in [0.5, 0.6) is 11.5 Å². The summed E-state index contributed by atoms with van der Waals surface area (Å²) in [6.07, 6.45) is 0.671. The first-order chi connectivity index (χ1) is 14.7. The molecule has 5 nitrogen and oxygen atoms in total. The first-order valence-electron chi connectivity index (χ1n) is 9.69. The van der Waals surface area contributed by atoms with Crippen molar-refractivity contribution in [2.24, 2.45) is 0 Å². The minimum absolute atomic E-state index is 0.0488. The molecule has 0 aliphatic rings. The maximum Gasteiger partial charge on any atom is 0.261 e. The summed E-state index contributed by atoms with van der Waals surface area (Å²) in [5, 5.41) is 0.612. The molecule has 0 bridgehead atoms. The molecule has 1 aromatic heterocycles. The molecule has 0 saturated heterocycles. The second-order valence-electron chi connectivity index (χ2n) is 6.77. The Hall–Kier alpha value is -3.12. The van der Waals surface area contributed by atoms with Crippen molar-refractivity contribution in [3.63, 3.8) is 0 Å². The van der Waals surface area contributed by atoms with Gasteiger partial charge in [-0.2, -0.15) is 0 Å². The van der Waals surface area contributed by atoms with Crippen molar-refractivity contribution >= 4 is 26.8 Å². The fourth-order valence-corrected chi connectivity index (χ4v) is 3.70. The van der Waals surface area contributed by atoms with E-state index in [1.54, 1.807) is 11.7 Å². The molecule has 0 amide bonds. The Morgan fingerprint density at radius 1 is 0.967 bits per heavy atom. The van der Waals surface area contributed by atoms with Gasteiger partial charge in [-0.05, 0) is 70.9 Å². The minimum atomic E-state index is -0.0488. The fraction of sp³-hybridized carbons (Fsp3) is 0.167. The third-order valence-electron chi connectivity index (χ3n) is 4.83. The summed E-state index contributed by atoms with van der Waals surface area (Å²) in [6, 6.07) is 22.7. The second-order valence-corrected chi connectivity index (χ2v) is 7.62. The predicted octanol–water partition coefficient (Wildman–Crippen LogP) is 5.30. The summed E-state index contributed by atoms with van der Waals surface area (Å²) in [5.41, 5.74) is 1.51. The molecule has 0 N–H and O–H groups in total. The first kappa shape index (κ1) is 20.2. The second kappa shape index (κ2) is 9.13. The summed E-state index contributed by atoms with van der Waals surface area (Å²) < 4.78 is 13.8. The minimum Gasteiger partial charge on any atom is -0.497 e. The number of benzene rings is 3. The Morgan fingerprint density at radius 3 is 2.47 bits per heavy atom. The van der Waals surface area contributed by atoms with Crippen LogP contribution in [0.1, 0.15) is 6.42 Å². The Labute approximate surface area is 183 Å². The van der Waals surface area contributed by atoms with Crippen LogP contribution in [0.4, 0.5) is 0 Å². The van der Waals surface area contributed by atoms with E-state index in [-0.39, 0.29) is 5.56 Å². The van der Waals surface area contributed by atoms with Gasteiger partial charge >= 0.3 is 0 Å². The summed E-state index contributed by atoms with van der Waals surface area (Å²) in [7, 11) is 1.63. The molecule has 3 aromatic carbocycles. The number of ether oxygens (including phenoxy) is 2. The molecule has 1 heterocycles. The average Bonchev–Trinajstić information content (AvgIpc) is 2.79. The lowest BCUT2D eigenvalue weighted by atomic mass is 10.1. The van der Waals surface area contributed by atoms with E-state index in [2.05, 4.69) is 15.9 Å². The lowest BCUT2D eigenvalue weighted by molar-refractivity contribution is 0.299. The van der Waals surface area contributed by atoms with E-state index < -0.39 is 0 Å². The van der Waals surface area contributed by atoms with Crippen LogP contribution in [-0.2, 0) is 6.54 Å². The number of methoxy groups -OCH3 is 1. The zero-order valence-corrected chi connectivity index (χ0v) is 18.1. The maximum atomic E-state index is 13.2. The van der Waals surface area contributed by atoms with E-state index in [9.17, 15) is 4.79 Å². The average molecular weight is 465 g/mol. The van der Waals surface area contributed by atoms with Gasteiger partial charge in [0.25, 0.3) is 5.56 Å². The van der Waals surface area contributed by atoms with Crippen molar-refractivity contribution in [2.45, 2.75) is 13.0 Å². The van der Waals surface area contributed by atoms with E-state index in [4.69, 9.17) is 14.5 Å². The molecule has 152 valence electrons. The van der Waals surface area contributed by atoms with Crippen molar-refractivity contribution in [1.29, 1.82) is 0 Å². The van der Waals surface area contributed by atoms with Crippen molar-refractivity contribution < 1.29 is 9.47 Å². The van der Waals surface area contributed by atoms with Gasteiger partial charge in [-0.25, -0.2) is 4.98 Å². The van der Waals surface area contributed by atoms with Gasteiger partial charge in [0.05, 0.1) is 29.1 Å². The summed E-state index contributed by atoms with van der Waals surface area (Å²) >= 11 is 3.49. The molecule has 4 rings (SSSR count). The van der Waals surface area contributed by atoms with Crippen LogP contribution in [0.15, 0.2) is 82.1 Å². The summed E-state index contributed by atoms with van der Waals surface area (Å²) in [5.74, 6) is 2.19. The van der Waals surface area contributed by atoms with Crippen molar-refractivity contribution in [3.8, 4) is 22.9 Å². The van der Waals surface area contributed by atoms with Crippen LogP contribution in [0, 0.1) is 0 Å². The monoisotopic (exact) mass is 464 g/mol. The third-order valence-corrected chi connectivity index (χ3v) is 5.49. The molecule has 4 aromatic rings. The van der Waals surface area contributed by atoms with E-state index in [1.165, 1.54) is 0 Å². The van der Waals surface area contributed by atoms with Gasteiger partial charge in [0.1, 0.15) is 17.3 Å². The number of para-hydroxylation sites is 2. The van der Waals surface area contributed by atoms with Crippen molar-refractivity contribution in [1.82, 2.24) is 9.55 Å². The molecule has 0 aliphatic carbocycles. The Morgan fingerprint density at radius 2 is 1.70 bits per heavy atom. The fourth-order valence-electron chi connectivity index (χ4n) is 3.30. The van der Waals surface area contributed by atoms with Crippen LogP contribution in [-0.4, -0.2) is 23.3 Å². The highest BCUT2D eigenvalue weighted by molar-refractivity contribution is 9.10. The summed E-state index contributed by atoms with van der Waals surface area (Å²) in [4.78, 5) is 18.0. The van der Waals surface area contributed by atoms with Crippen molar-refractivity contribution in [3.05, 3.63) is 87.6 Å². The maximum absolute atomic E-state index is 13.2. The van der Waals surface area contributed by atoms with Gasteiger partial charge in [-0.3, -0.25) is 9.36 Å². The zero-order valence-electron chi connectivity index (χ0n) is 16.5. The first-order valence-corrected chi connectivity index (χ1v) is 10.5. The Balaban J connectivity index is 1.63. The zero-order chi connectivity index (χ0) is 20.9. The number of fused-ring (bicyclic) bond motifs is 1. The third kappa shape index (κ3) is 4.24. The quantitative estimate of drug-likeness (QED) is 0.348. The van der Waals surface area contributed by atoms with Crippen LogP contribution in [0.25, 0.3) is 22.3 Å². The number of rotatable bonds is 7. The van der Waals surface area contributed by atoms with Gasteiger partial charge in [0, 0.05) is 12.1 Å². The summed E-state index contributed by atoms with van der Waals surface area (Å²) in [6.45, 7) is 0.992. The van der Waals surface area contributed by atoms with E-state index in [0.717, 1.165) is 21.5 Å². The van der Waals surface area contributed by atoms with Crippen LogP contribution < -0.4 is 15.0 Å². The van der Waals surface area contributed by atoms with E-state index in [0.29, 0.717) is 36.3 Å². The smallest absolute Gasteiger partial charge is 0.261 e. The molecular weight excluding hydrogens is 444 g/mol. The number of hydrogen-bond donors (Lipinski definition) is 0. The molecule has 6 heteroatoms. The topological polar surface area (TPSA) is 53.3 Å². The lowest BCUT2D eigenvalue weighted by Gasteiger charge is -2.15. The number of aromatic nitrogens is 2. The molecule has 0 unspecified atom stereocenters. The highest BCUT2D eigenvalue weighted by Crippen LogP contribution is 2.24. The van der Waals surface area contributed by atoms with Crippen LogP contribution in [0.2, 0.25) is 0 Å². The molecular formula is C24H21BrN2O3. The highest BCUT2D eigenvalue weighted by atomic mass is 79.9. The van der Waals surface area contributed by atoms with Gasteiger partial charge in [-0.15, -0.1) is 0 Å². The Kier molecular flexibility index (Phi) is 6.14.